The Morgan fingerprint density at radius 3 is 2.67 bits per heavy atom. The van der Waals surface area contributed by atoms with Gasteiger partial charge in [0.05, 0.1) is 12.5 Å². The summed E-state index contributed by atoms with van der Waals surface area (Å²) in [5.41, 5.74) is 3.95. The van der Waals surface area contributed by atoms with E-state index in [1.54, 1.807) is 6.26 Å². The highest BCUT2D eigenvalue weighted by molar-refractivity contribution is 5.76. The lowest BCUT2D eigenvalue weighted by molar-refractivity contribution is 0.582. The van der Waals surface area contributed by atoms with Crippen molar-refractivity contribution < 1.29 is 4.42 Å². The van der Waals surface area contributed by atoms with Gasteiger partial charge >= 0.3 is 0 Å². The topological polar surface area (TPSA) is 59.6 Å². The van der Waals surface area contributed by atoms with Crippen LogP contribution in [-0.4, -0.2) is 19.7 Å². The molecule has 5 nitrogen and oxygen atoms in total. The molecule has 0 saturated carbocycles. The molecule has 104 valence electrons. The Morgan fingerprint density at radius 2 is 1.95 bits per heavy atom. The zero-order valence-corrected chi connectivity index (χ0v) is 11.6. The summed E-state index contributed by atoms with van der Waals surface area (Å²) < 4.78 is 7.28. The van der Waals surface area contributed by atoms with Gasteiger partial charge in [-0.2, -0.15) is 5.10 Å². The normalized spacial score (nSPS) is 11.3. The van der Waals surface area contributed by atoms with Crippen LogP contribution in [-0.2, 0) is 6.54 Å². The molecule has 0 aliphatic carbocycles. The van der Waals surface area contributed by atoms with E-state index in [0.29, 0.717) is 0 Å². The van der Waals surface area contributed by atoms with Gasteiger partial charge in [-0.1, -0.05) is 24.3 Å². The largest absolute Gasteiger partial charge is 0.464 e. The summed E-state index contributed by atoms with van der Waals surface area (Å²) in [6.45, 7) is 2.87. The van der Waals surface area contributed by atoms with E-state index in [-0.39, 0.29) is 0 Å². The van der Waals surface area contributed by atoms with Crippen LogP contribution in [0.2, 0.25) is 0 Å². The molecule has 0 aliphatic rings. The number of imidazole rings is 1. The quantitative estimate of drug-likeness (QED) is 0.621. The van der Waals surface area contributed by atoms with E-state index in [9.17, 15) is 0 Å². The summed E-state index contributed by atoms with van der Waals surface area (Å²) >= 11 is 0. The first kappa shape index (κ1) is 12.0. The van der Waals surface area contributed by atoms with Crippen molar-refractivity contribution in [2.75, 3.05) is 0 Å². The number of benzene rings is 1. The van der Waals surface area contributed by atoms with Crippen LogP contribution in [0.3, 0.4) is 0 Å². The lowest BCUT2D eigenvalue weighted by atomic mass is 10.1. The van der Waals surface area contributed by atoms with E-state index in [4.69, 9.17) is 4.42 Å². The molecule has 3 heterocycles. The highest BCUT2D eigenvalue weighted by atomic mass is 16.3. The fourth-order valence-electron chi connectivity index (χ4n) is 2.45. The van der Waals surface area contributed by atoms with Crippen LogP contribution < -0.4 is 0 Å². The predicted molar refractivity (Wildman–Crippen MR) is 80.7 cm³/mol. The van der Waals surface area contributed by atoms with Crippen LogP contribution in [0.1, 0.15) is 6.92 Å². The second kappa shape index (κ2) is 4.63. The third-order valence-electron chi connectivity index (χ3n) is 3.55. The number of hydrogen-bond donors (Lipinski definition) is 1. The highest BCUT2D eigenvalue weighted by Gasteiger charge is 2.10. The van der Waals surface area contributed by atoms with Crippen molar-refractivity contribution in [2.24, 2.45) is 0 Å². The van der Waals surface area contributed by atoms with E-state index in [1.807, 2.05) is 47.3 Å². The van der Waals surface area contributed by atoms with Crippen LogP contribution in [0.25, 0.3) is 33.9 Å². The Hall–Kier alpha value is -2.82. The van der Waals surface area contributed by atoms with Crippen molar-refractivity contribution in [2.45, 2.75) is 13.5 Å². The predicted octanol–water partition coefficient (Wildman–Crippen LogP) is 3.71. The van der Waals surface area contributed by atoms with Crippen molar-refractivity contribution in [3.63, 3.8) is 0 Å². The van der Waals surface area contributed by atoms with E-state index >= 15 is 0 Å². The second-order valence-corrected chi connectivity index (χ2v) is 4.84. The summed E-state index contributed by atoms with van der Waals surface area (Å²) in [6, 6.07) is 12.0. The number of nitrogens with zero attached hydrogens (tertiary/aromatic N) is 3. The Kier molecular flexibility index (Phi) is 2.64. The summed E-state index contributed by atoms with van der Waals surface area (Å²) in [4.78, 5) is 7.93. The molecule has 0 atom stereocenters. The molecule has 1 N–H and O–H groups in total. The Bertz CT molecular complexity index is 869. The number of rotatable bonds is 3. The molecule has 0 spiro atoms. The van der Waals surface area contributed by atoms with Crippen LogP contribution in [0, 0.1) is 0 Å². The van der Waals surface area contributed by atoms with E-state index in [2.05, 4.69) is 22.0 Å². The number of aromatic amines is 1. The fraction of sp³-hybridized carbons (Fsp3) is 0.125. The lowest BCUT2D eigenvalue weighted by Gasteiger charge is -2.00. The second-order valence-electron chi connectivity index (χ2n) is 4.84. The van der Waals surface area contributed by atoms with Gasteiger partial charge in [-0.25, -0.2) is 9.67 Å². The van der Waals surface area contributed by atoms with Crippen molar-refractivity contribution in [1.29, 1.82) is 0 Å². The van der Waals surface area contributed by atoms with Gasteiger partial charge in [0.2, 0.25) is 0 Å². The van der Waals surface area contributed by atoms with Gasteiger partial charge in [-0.05, 0) is 19.1 Å². The maximum atomic E-state index is 5.40. The minimum absolute atomic E-state index is 0.811. The molecule has 1 aromatic carbocycles. The van der Waals surface area contributed by atoms with Crippen LogP contribution >= 0.6 is 0 Å². The summed E-state index contributed by atoms with van der Waals surface area (Å²) in [5, 5.41) is 4.27. The van der Waals surface area contributed by atoms with E-state index in [1.165, 1.54) is 0 Å². The smallest absolute Gasteiger partial charge is 0.176 e. The van der Waals surface area contributed by atoms with Crippen molar-refractivity contribution >= 4 is 11.2 Å². The first-order chi connectivity index (χ1) is 10.3. The molecule has 21 heavy (non-hydrogen) atoms. The van der Waals surface area contributed by atoms with E-state index < -0.39 is 0 Å². The number of furan rings is 1. The Balaban J connectivity index is 1.73. The molecule has 4 rings (SSSR count). The standard InChI is InChI=1S/C16H14N4O/c1-2-20-16-13(10-17-20)18-15(19-16)12-7-5-11(6-8-12)14-4-3-9-21-14/h3-10H,2H2,1H3,(H,18,19). The molecule has 0 bridgehead atoms. The molecule has 0 unspecified atom stereocenters. The van der Waals surface area contributed by atoms with Gasteiger partial charge in [-0.3, -0.25) is 0 Å². The molecular weight excluding hydrogens is 264 g/mol. The van der Waals surface area contributed by atoms with Crippen molar-refractivity contribution in [3.05, 3.63) is 48.9 Å². The number of nitrogens with one attached hydrogen (secondary N) is 1. The highest BCUT2D eigenvalue weighted by Crippen LogP contribution is 2.25. The van der Waals surface area contributed by atoms with Crippen molar-refractivity contribution in [3.8, 4) is 22.7 Å². The maximum Gasteiger partial charge on any atom is 0.176 e. The van der Waals surface area contributed by atoms with Crippen molar-refractivity contribution in [1.82, 2.24) is 19.7 Å². The molecule has 0 fully saturated rings. The van der Waals surface area contributed by atoms with Gasteiger partial charge in [0.15, 0.2) is 5.65 Å². The van der Waals surface area contributed by atoms with Gasteiger partial charge in [0.1, 0.15) is 17.1 Å². The maximum absolute atomic E-state index is 5.40. The number of hydrogen-bond acceptors (Lipinski definition) is 3. The molecule has 4 aromatic rings. The van der Waals surface area contributed by atoms with Crippen LogP contribution in [0.4, 0.5) is 0 Å². The molecular formula is C16H14N4O. The summed E-state index contributed by atoms with van der Waals surface area (Å²) in [5.74, 6) is 1.73. The molecule has 5 heteroatoms. The van der Waals surface area contributed by atoms with Gasteiger partial charge in [0.25, 0.3) is 0 Å². The molecule has 0 amide bonds. The zero-order valence-electron chi connectivity index (χ0n) is 11.6. The van der Waals surface area contributed by atoms with Gasteiger partial charge in [0, 0.05) is 17.7 Å². The molecule has 0 radical (unpaired) electrons. The summed E-state index contributed by atoms with van der Waals surface area (Å²) in [6.07, 6.45) is 3.49. The van der Waals surface area contributed by atoms with Crippen LogP contribution in [0.5, 0.6) is 0 Å². The Morgan fingerprint density at radius 1 is 1.14 bits per heavy atom. The zero-order chi connectivity index (χ0) is 14.2. The number of aromatic nitrogens is 4. The first-order valence-electron chi connectivity index (χ1n) is 6.91. The third kappa shape index (κ3) is 1.94. The monoisotopic (exact) mass is 278 g/mol. The first-order valence-corrected chi connectivity index (χ1v) is 6.91. The van der Waals surface area contributed by atoms with Gasteiger partial charge < -0.3 is 9.40 Å². The Labute approximate surface area is 121 Å². The third-order valence-corrected chi connectivity index (χ3v) is 3.55. The van der Waals surface area contributed by atoms with Gasteiger partial charge in [-0.15, -0.1) is 0 Å². The molecule has 3 aromatic heterocycles. The summed E-state index contributed by atoms with van der Waals surface area (Å²) in [7, 11) is 0. The number of fused-ring (bicyclic) bond motifs is 1. The SMILES string of the molecule is CCn1ncc2[nH]c(-c3ccc(-c4ccco4)cc3)nc21. The number of H-pyrrole nitrogens is 1. The minimum Gasteiger partial charge on any atom is -0.464 e. The van der Waals surface area contributed by atoms with Crippen LogP contribution in [0.15, 0.2) is 53.3 Å². The average Bonchev–Trinajstić information content (AvgIpc) is 3.24. The lowest BCUT2D eigenvalue weighted by Crippen LogP contribution is -1.96. The molecule has 0 aliphatic heterocycles. The average molecular weight is 278 g/mol. The fourth-order valence-corrected chi connectivity index (χ4v) is 2.45. The molecule has 0 saturated heterocycles. The van der Waals surface area contributed by atoms with E-state index in [0.717, 1.165) is 40.4 Å². The minimum atomic E-state index is 0.811. The number of aryl methyl sites for hydroxylation is 1.